The second kappa shape index (κ2) is 6.42. The zero-order valence-corrected chi connectivity index (χ0v) is 12.6. The van der Waals surface area contributed by atoms with Gasteiger partial charge < -0.3 is 5.32 Å². The van der Waals surface area contributed by atoms with E-state index in [2.05, 4.69) is 36.5 Å². The lowest BCUT2D eigenvalue weighted by molar-refractivity contribution is 0.577. The summed E-state index contributed by atoms with van der Waals surface area (Å²) in [6.45, 7) is 2.17. The first kappa shape index (κ1) is 14.4. The molecule has 0 heterocycles. The Hall–Kier alpha value is -1.02. The zero-order chi connectivity index (χ0) is 13.8. The third-order valence-corrected chi connectivity index (χ3v) is 4.04. The van der Waals surface area contributed by atoms with Gasteiger partial charge in [-0.2, -0.15) is 0 Å². The molecule has 0 saturated carbocycles. The van der Waals surface area contributed by atoms with Crippen LogP contribution in [-0.2, 0) is 0 Å². The predicted molar refractivity (Wildman–Crippen MR) is 84.0 cm³/mol. The first-order valence-electron chi connectivity index (χ1n) is 6.38. The van der Waals surface area contributed by atoms with Crippen LogP contribution in [0.3, 0.4) is 0 Å². The number of hydrogen-bond donors (Lipinski definition) is 1. The lowest BCUT2D eigenvalue weighted by Gasteiger charge is -2.15. The third kappa shape index (κ3) is 3.30. The van der Waals surface area contributed by atoms with Crippen LogP contribution in [0.15, 0.2) is 42.5 Å². The molecule has 2 aromatic carbocycles. The summed E-state index contributed by atoms with van der Waals surface area (Å²) in [5.41, 5.74) is 3.53. The monoisotopic (exact) mass is 293 g/mol. The van der Waals surface area contributed by atoms with Gasteiger partial charge in [0, 0.05) is 6.04 Å². The van der Waals surface area contributed by atoms with Gasteiger partial charge in [0.1, 0.15) is 0 Å². The highest BCUT2D eigenvalue weighted by molar-refractivity contribution is 6.42. The summed E-state index contributed by atoms with van der Waals surface area (Å²) in [6.07, 6.45) is 1.06. The summed E-state index contributed by atoms with van der Waals surface area (Å²) in [5, 5.41) is 4.49. The van der Waals surface area contributed by atoms with Crippen LogP contribution in [0.4, 0.5) is 0 Å². The van der Waals surface area contributed by atoms with E-state index in [0.29, 0.717) is 16.1 Å². The lowest BCUT2D eigenvalue weighted by Crippen LogP contribution is -2.15. The van der Waals surface area contributed by atoms with Gasteiger partial charge in [-0.1, -0.05) is 54.4 Å². The second-order valence-corrected chi connectivity index (χ2v) is 5.32. The molecule has 3 heteroatoms. The van der Waals surface area contributed by atoms with Crippen molar-refractivity contribution in [1.29, 1.82) is 0 Å². The number of hydrogen-bond acceptors (Lipinski definition) is 1. The first-order valence-corrected chi connectivity index (χ1v) is 7.14. The molecule has 19 heavy (non-hydrogen) atoms. The number of benzene rings is 2. The summed E-state index contributed by atoms with van der Waals surface area (Å²) in [4.78, 5) is 0. The molecule has 2 rings (SSSR count). The Morgan fingerprint density at radius 3 is 2.37 bits per heavy atom. The van der Waals surface area contributed by atoms with Gasteiger partial charge in [0.25, 0.3) is 0 Å². The van der Waals surface area contributed by atoms with E-state index in [-0.39, 0.29) is 0 Å². The highest BCUT2D eigenvalue weighted by Gasteiger charge is 2.08. The van der Waals surface area contributed by atoms with Crippen molar-refractivity contribution in [3.8, 4) is 11.1 Å². The quantitative estimate of drug-likeness (QED) is 0.803. The molecule has 0 aliphatic rings. The van der Waals surface area contributed by atoms with E-state index in [9.17, 15) is 0 Å². The van der Waals surface area contributed by atoms with Crippen LogP contribution in [-0.4, -0.2) is 7.05 Å². The molecule has 0 aromatic heterocycles. The molecule has 1 N–H and O–H groups in total. The number of rotatable bonds is 4. The number of nitrogens with one attached hydrogen (secondary N) is 1. The molecule has 1 unspecified atom stereocenters. The molecule has 2 aromatic rings. The second-order valence-electron chi connectivity index (χ2n) is 4.50. The van der Waals surface area contributed by atoms with Gasteiger partial charge in [-0.05, 0) is 48.4 Å². The molecule has 1 nitrogen and oxygen atoms in total. The zero-order valence-electron chi connectivity index (χ0n) is 11.1. The molecule has 100 valence electrons. The van der Waals surface area contributed by atoms with Crippen LogP contribution in [0, 0.1) is 0 Å². The van der Waals surface area contributed by atoms with Gasteiger partial charge in [0.15, 0.2) is 0 Å². The lowest BCUT2D eigenvalue weighted by atomic mass is 9.98. The molecule has 0 amide bonds. The van der Waals surface area contributed by atoms with Crippen LogP contribution < -0.4 is 5.32 Å². The van der Waals surface area contributed by atoms with Crippen molar-refractivity contribution in [2.24, 2.45) is 0 Å². The Labute approximate surface area is 124 Å². The molecule has 0 saturated heterocycles. The maximum atomic E-state index is 6.08. The summed E-state index contributed by atoms with van der Waals surface area (Å²) in [7, 11) is 1.99. The predicted octanol–water partition coefficient (Wildman–Crippen LogP) is 5.33. The van der Waals surface area contributed by atoms with E-state index in [4.69, 9.17) is 23.2 Å². The Kier molecular flexibility index (Phi) is 4.87. The van der Waals surface area contributed by atoms with Gasteiger partial charge in [-0.15, -0.1) is 0 Å². The fourth-order valence-electron chi connectivity index (χ4n) is 2.22. The van der Waals surface area contributed by atoms with E-state index in [1.807, 2.05) is 25.2 Å². The van der Waals surface area contributed by atoms with Gasteiger partial charge in [-0.3, -0.25) is 0 Å². The van der Waals surface area contributed by atoms with Crippen molar-refractivity contribution in [1.82, 2.24) is 5.32 Å². The van der Waals surface area contributed by atoms with Crippen LogP contribution in [0.1, 0.15) is 24.9 Å². The van der Waals surface area contributed by atoms with Crippen molar-refractivity contribution >= 4 is 23.2 Å². The average molecular weight is 294 g/mol. The number of halogens is 2. The van der Waals surface area contributed by atoms with Gasteiger partial charge in [0.2, 0.25) is 0 Å². The highest BCUT2D eigenvalue weighted by Crippen LogP contribution is 2.30. The standard InChI is InChI=1S/C16H17Cl2N/c1-3-16(19-2)13-6-4-5-11(9-13)12-7-8-14(17)15(18)10-12/h4-10,16,19H,3H2,1-2H3. The van der Waals surface area contributed by atoms with E-state index in [0.717, 1.165) is 17.5 Å². The minimum absolute atomic E-state index is 0.378. The Bertz CT molecular complexity index is 562. The fraction of sp³-hybridized carbons (Fsp3) is 0.250. The summed E-state index contributed by atoms with van der Waals surface area (Å²) >= 11 is 12.0. The third-order valence-electron chi connectivity index (χ3n) is 3.30. The average Bonchev–Trinajstić information content (AvgIpc) is 2.44. The molecule has 1 atom stereocenters. The Morgan fingerprint density at radius 1 is 1.00 bits per heavy atom. The van der Waals surface area contributed by atoms with Crippen LogP contribution in [0.25, 0.3) is 11.1 Å². The Balaban J connectivity index is 2.40. The van der Waals surface area contributed by atoms with Gasteiger partial charge in [-0.25, -0.2) is 0 Å². The molecular weight excluding hydrogens is 277 g/mol. The van der Waals surface area contributed by atoms with Crippen molar-refractivity contribution in [3.05, 3.63) is 58.1 Å². The SMILES string of the molecule is CCC(NC)c1cccc(-c2ccc(Cl)c(Cl)c2)c1. The van der Waals surface area contributed by atoms with Crippen LogP contribution in [0.5, 0.6) is 0 Å². The van der Waals surface area contributed by atoms with Crippen molar-refractivity contribution in [2.75, 3.05) is 7.05 Å². The summed E-state index contributed by atoms with van der Waals surface area (Å²) in [5.74, 6) is 0. The minimum Gasteiger partial charge on any atom is -0.313 e. The fourth-order valence-corrected chi connectivity index (χ4v) is 2.52. The molecule has 0 radical (unpaired) electrons. The molecule has 0 fully saturated rings. The van der Waals surface area contributed by atoms with Gasteiger partial charge >= 0.3 is 0 Å². The molecule has 0 aliphatic heterocycles. The molecule has 0 spiro atoms. The largest absolute Gasteiger partial charge is 0.313 e. The summed E-state index contributed by atoms with van der Waals surface area (Å²) in [6, 6.07) is 14.6. The molecule has 0 aliphatic carbocycles. The van der Waals surface area contributed by atoms with E-state index >= 15 is 0 Å². The van der Waals surface area contributed by atoms with Crippen molar-refractivity contribution < 1.29 is 0 Å². The maximum absolute atomic E-state index is 6.08. The molecule has 0 bridgehead atoms. The van der Waals surface area contributed by atoms with E-state index in [1.165, 1.54) is 5.56 Å². The van der Waals surface area contributed by atoms with Crippen molar-refractivity contribution in [2.45, 2.75) is 19.4 Å². The maximum Gasteiger partial charge on any atom is 0.0598 e. The van der Waals surface area contributed by atoms with E-state index < -0.39 is 0 Å². The smallest absolute Gasteiger partial charge is 0.0598 e. The minimum atomic E-state index is 0.378. The van der Waals surface area contributed by atoms with Crippen molar-refractivity contribution in [3.63, 3.8) is 0 Å². The highest BCUT2D eigenvalue weighted by atomic mass is 35.5. The molecular formula is C16H17Cl2N. The topological polar surface area (TPSA) is 12.0 Å². The summed E-state index contributed by atoms with van der Waals surface area (Å²) < 4.78 is 0. The van der Waals surface area contributed by atoms with Crippen LogP contribution >= 0.6 is 23.2 Å². The Morgan fingerprint density at radius 2 is 1.74 bits per heavy atom. The van der Waals surface area contributed by atoms with Crippen LogP contribution in [0.2, 0.25) is 10.0 Å². The van der Waals surface area contributed by atoms with E-state index in [1.54, 1.807) is 0 Å². The van der Waals surface area contributed by atoms with Gasteiger partial charge in [0.05, 0.1) is 10.0 Å². The normalized spacial score (nSPS) is 12.4. The first-order chi connectivity index (χ1) is 9.15.